The zero-order valence-corrected chi connectivity index (χ0v) is 12.5. The molecule has 0 radical (unpaired) electrons. The van der Waals surface area contributed by atoms with Crippen molar-refractivity contribution in [3.8, 4) is 17.6 Å². The molecule has 1 amide bonds. The second kappa shape index (κ2) is 7.14. The maximum Gasteiger partial charge on any atom is 0.255 e. The third kappa shape index (κ3) is 4.23. The van der Waals surface area contributed by atoms with Crippen molar-refractivity contribution in [2.75, 3.05) is 6.61 Å². The number of rotatable bonds is 3. The molecule has 4 nitrogen and oxygen atoms in total. The van der Waals surface area contributed by atoms with Crippen LogP contribution in [0.1, 0.15) is 20.8 Å². The number of carbonyl (C=O) groups excluding carboxylic acids is 1. The highest BCUT2D eigenvalue weighted by atomic mass is 35.5. The Morgan fingerprint density at radius 1 is 1.38 bits per heavy atom. The van der Waals surface area contributed by atoms with E-state index in [2.05, 4.69) is 17.2 Å². The first kappa shape index (κ1) is 15.4. The number of benzene rings is 1. The van der Waals surface area contributed by atoms with Gasteiger partial charge in [0.1, 0.15) is 12.4 Å². The lowest BCUT2D eigenvalue weighted by molar-refractivity contribution is 0.0948. The van der Waals surface area contributed by atoms with Crippen molar-refractivity contribution in [2.45, 2.75) is 6.54 Å². The van der Waals surface area contributed by atoms with Crippen molar-refractivity contribution in [2.24, 2.45) is 0 Å². The molecule has 0 aliphatic carbocycles. The third-order valence-corrected chi connectivity index (χ3v) is 3.76. The molecule has 0 bridgehead atoms. The van der Waals surface area contributed by atoms with E-state index in [-0.39, 0.29) is 23.8 Å². The summed E-state index contributed by atoms with van der Waals surface area (Å²) in [5.41, 5.74) is 0.976. The Hall–Kier alpha value is -2.00. The Bertz CT molecular complexity index is 715. The van der Waals surface area contributed by atoms with Crippen molar-refractivity contribution in [3.63, 3.8) is 0 Å². The standard InChI is InChI=1S/C15H12ClNO3S/c16-11-3-4-13(14(19)7-11)15(20)17-8-12-6-10(9-21-12)2-1-5-18/h3-4,6-7,9,18-19H,5,8H2,(H,17,20). The van der Waals surface area contributed by atoms with Gasteiger partial charge in [-0.25, -0.2) is 0 Å². The summed E-state index contributed by atoms with van der Waals surface area (Å²) in [6.45, 7) is 0.157. The Morgan fingerprint density at radius 2 is 2.19 bits per heavy atom. The second-order valence-corrected chi connectivity index (χ2v) is 5.54. The number of hydrogen-bond acceptors (Lipinski definition) is 4. The maximum absolute atomic E-state index is 12.0. The number of phenols is 1. The van der Waals surface area contributed by atoms with Crippen molar-refractivity contribution >= 4 is 28.8 Å². The van der Waals surface area contributed by atoms with Crippen LogP contribution in [-0.4, -0.2) is 22.7 Å². The van der Waals surface area contributed by atoms with Crippen LogP contribution in [0.2, 0.25) is 5.02 Å². The number of aliphatic hydroxyl groups excluding tert-OH is 1. The predicted molar refractivity (Wildman–Crippen MR) is 82.6 cm³/mol. The number of aliphatic hydroxyl groups is 1. The molecule has 0 saturated heterocycles. The van der Waals surface area contributed by atoms with E-state index in [1.54, 1.807) is 6.07 Å². The summed E-state index contributed by atoms with van der Waals surface area (Å²) in [4.78, 5) is 12.9. The molecular formula is C15H12ClNO3S. The monoisotopic (exact) mass is 321 g/mol. The number of aromatic hydroxyl groups is 1. The van der Waals surface area contributed by atoms with Gasteiger partial charge in [-0.05, 0) is 24.3 Å². The first-order chi connectivity index (χ1) is 10.1. The molecule has 2 aromatic rings. The summed E-state index contributed by atoms with van der Waals surface area (Å²) >= 11 is 7.18. The first-order valence-electron chi connectivity index (χ1n) is 6.04. The molecule has 3 N–H and O–H groups in total. The predicted octanol–water partition coefficient (Wildman–Crippen LogP) is 2.38. The van der Waals surface area contributed by atoms with Crippen LogP contribution in [0, 0.1) is 11.8 Å². The summed E-state index contributed by atoms with van der Waals surface area (Å²) in [7, 11) is 0. The van der Waals surface area contributed by atoms with E-state index in [1.807, 2.05) is 11.4 Å². The van der Waals surface area contributed by atoms with Crippen molar-refractivity contribution in [3.05, 3.63) is 50.7 Å². The smallest absolute Gasteiger partial charge is 0.255 e. The van der Waals surface area contributed by atoms with E-state index in [0.29, 0.717) is 11.6 Å². The van der Waals surface area contributed by atoms with Crippen LogP contribution in [0.25, 0.3) is 0 Å². The highest BCUT2D eigenvalue weighted by molar-refractivity contribution is 7.10. The number of nitrogens with one attached hydrogen (secondary N) is 1. The number of halogens is 1. The van der Waals surface area contributed by atoms with E-state index in [4.69, 9.17) is 16.7 Å². The average Bonchev–Trinajstić information content (AvgIpc) is 2.90. The van der Waals surface area contributed by atoms with Crippen LogP contribution in [0.3, 0.4) is 0 Å². The average molecular weight is 322 g/mol. The maximum atomic E-state index is 12.0. The summed E-state index contributed by atoms with van der Waals surface area (Å²) in [6, 6.07) is 6.18. The van der Waals surface area contributed by atoms with Gasteiger partial charge in [0.25, 0.3) is 5.91 Å². The second-order valence-electron chi connectivity index (χ2n) is 4.11. The minimum Gasteiger partial charge on any atom is -0.507 e. The lowest BCUT2D eigenvalue weighted by atomic mass is 10.2. The molecule has 2 rings (SSSR count). The Kier molecular flexibility index (Phi) is 5.23. The van der Waals surface area contributed by atoms with Crippen molar-refractivity contribution in [1.82, 2.24) is 5.32 Å². The molecule has 0 fully saturated rings. The van der Waals surface area contributed by atoms with Gasteiger partial charge >= 0.3 is 0 Å². The summed E-state index contributed by atoms with van der Waals surface area (Å²) < 4.78 is 0. The molecule has 0 atom stereocenters. The lowest BCUT2D eigenvalue weighted by Crippen LogP contribution is -2.22. The zero-order chi connectivity index (χ0) is 15.2. The molecule has 1 aromatic heterocycles. The minimum absolute atomic E-state index is 0.152. The molecule has 21 heavy (non-hydrogen) atoms. The van der Waals surface area contributed by atoms with E-state index in [0.717, 1.165) is 10.4 Å². The molecule has 1 aromatic carbocycles. The van der Waals surface area contributed by atoms with Gasteiger partial charge < -0.3 is 15.5 Å². The summed E-state index contributed by atoms with van der Waals surface area (Å²) in [5.74, 6) is 4.83. The van der Waals surface area contributed by atoms with Crippen LogP contribution < -0.4 is 5.32 Å². The summed E-state index contributed by atoms with van der Waals surface area (Å²) in [5, 5.41) is 23.2. The van der Waals surface area contributed by atoms with Gasteiger partial charge in [0.05, 0.1) is 12.1 Å². The Balaban J connectivity index is 1.99. The SMILES string of the molecule is O=C(NCc1cc(C#CCO)cs1)c1ccc(Cl)cc1O. The van der Waals surface area contributed by atoms with E-state index < -0.39 is 0 Å². The van der Waals surface area contributed by atoms with Crippen LogP contribution in [-0.2, 0) is 6.54 Å². The quantitative estimate of drug-likeness (QED) is 0.760. The number of carbonyl (C=O) groups is 1. The fraction of sp³-hybridized carbons (Fsp3) is 0.133. The van der Waals surface area contributed by atoms with Gasteiger partial charge in [-0.2, -0.15) is 0 Å². The van der Waals surface area contributed by atoms with Gasteiger partial charge in [0, 0.05) is 20.8 Å². The zero-order valence-electron chi connectivity index (χ0n) is 10.9. The molecule has 108 valence electrons. The van der Waals surface area contributed by atoms with Crippen LogP contribution in [0.4, 0.5) is 0 Å². The Morgan fingerprint density at radius 3 is 2.90 bits per heavy atom. The van der Waals surface area contributed by atoms with Gasteiger partial charge in [0.2, 0.25) is 0 Å². The van der Waals surface area contributed by atoms with Gasteiger partial charge in [-0.3, -0.25) is 4.79 Å². The van der Waals surface area contributed by atoms with Crippen LogP contribution in [0.5, 0.6) is 5.75 Å². The van der Waals surface area contributed by atoms with Gasteiger partial charge in [0.15, 0.2) is 0 Å². The van der Waals surface area contributed by atoms with Crippen molar-refractivity contribution < 1.29 is 15.0 Å². The fourth-order valence-electron chi connectivity index (χ4n) is 1.64. The lowest BCUT2D eigenvalue weighted by Gasteiger charge is -2.05. The van der Waals surface area contributed by atoms with Crippen LogP contribution in [0.15, 0.2) is 29.6 Å². The third-order valence-electron chi connectivity index (χ3n) is 2.59. The van der Waals surface area contributed by atoms with Gasteiger partial charge in [-0.1, -0.05) is 23.4 Å². The molecule has 0 unspecified atom stereocenters. The van der Waals surface area contributed by atoms with E-state index in [9.17, 15) is 9.90 Å². The Labute approximate surface area is 131 Å². The summed E-state index contributed by atoms with van der Waals surface area (Å²) in [6.07, 6.45) is 0. The number of thiophene rings is 1. The van der Waals surface area contributed by atoms with Crippen molar-refractivity contribution in [1.29, 1.82) is 0 Å². The number of amides is 1. The number of hydrogen-bond donors (Lipinski definition) is 3. The first-order valence-corrected chi connectivity index (χ1v) is 7.30. The topological polar surface area (TPSA) is 69.6 Å². The molecule has 0 spiro atoms. The normalized spacial score (nSPS) is 9.81. The highest BCUT2D eigenvalue weighted by Gasteiger charge is 2.11. The minimum atomic E-state index is -0.374. The molecular weight excluding hydrogens is 310 g/mol. The van der Waals surface area contributed by atoms with Crippen LogP contribution >= 0.6 is 22.9 Å². The van der Waals surface area contributed by atoms with E-state index in [1.165, 1.54) is 23.5 Å². The molecule has 0 saturated carbocycles. The fourth-order valence-corrected chi connectivity index (χ4v) is 2.56. The number of phenolic OH excluding ortho intramolecular Hbond substituents is 1. The largest absolute Gasteiger partial charge is 0.507 e. The molecule has 0 aliphatic heterocycles. The molecule has 6 heteroatoms. The molecule has 0 aliphatic rings. The molecule has 1 heterocycles. The highest BCUT2D eigenvalue weighted by Crippen LogP contribution is 2.22. The van der Waals surface area contributed by atoms with E-state index >= 15 is 0 Å². The van der Waals surface area contributed by atoms with Gasteiger partial charge in [-0.15, -0.1) is 11.3 Å².